The highest BCUT2D eigenvalue weighted by Crippen LogP contribution is 2.49. The molecule has 0 bridgehead atoms. The van der Waals surface area contributed by atoms with Gasteiger partial charge in [-0.3, -0.25) is 19.4 Å². The van der Waals surface area contributed by atoms with Gasteiger partial charge in [0, 0.05) is 29.3 Å². The Morgan fingerprint density at radius 2 is 1.67 bits per heavy atom. The van der Waals surface area contributed by atoms with E-state index in [1.165, 1.54) is 18.1 Å². The number of hydrogen-bond acceptors (Lipinski definition) is 5. The van der Waals surface area contributed by atoms with Crippen LogP contribution in [0.3, 0.4) is 0 Å². The number of methoxy groups -OCH3 is 1. The fourth-order valence-electron chi connectivity index (χ4n) is 6.54. The van der Waals surface area contributed by atoms with E-state index in [1.807, 2.05) is 11.8 Å². The molecule has 0 saturated carbocycles. The number of benzene rings is 3. The molecule has 0 radical (unpaired) electrons. The molecule has 2 aliphatic heterocycles. The van der Waals surface area contributed by atoms with Crippen LogP contribution in [0.15, 0.2) is 60.7 Å². The summed E-state index contributed by atoms with van der Waals surface area (Å²) in [5, 5.41) is 22.2. The largest absolute Gasteiger partial charge is 0.480 e. The van der Waals surface area contributed by atoms with Crippen molar-refractivity contribution in [3.05, 3.63) is 104 Å². The van der Waals surface area contributed by atoms with Crippen molar-refractivity contribution in [3.63, 3.8) is 0 Å². The number of hydrogen-bond donors (Lipinski definition) is 2. The highest BCUT2D eigenvalue weighted by molar-refractivity contribution is 6.30. The third kappa shape index (κ3) is 5.31. The second-order valence-electron chi connectivity index (χ2n) is 11.0. The van der Waals surface area contributed by atoms with Crippen LogP contribution in [0.4, 0.5) is 4.39 Å². The first-order valence-electron chi connectivity index (χ1n) is 13.9. The van der Waals surface area contributed by atoms with Gasteiger partial charge in [0.25, 0.3) is 5.91 Å². The van der Waals surface area contributed by atoms with Crippen LogP contribution in [0.2, 0.25) is 10.0 Å². The second-order valence-corrected chi connectivity index (χ2v) is 11.8. The number of halogens is 3. The Bertz CT molecular complexity index is 1480. The summed E-state index contributed by atoms with van der Waals surface area (Å²) in [6, 6.07) is 16.7. The highest BCUT2D eigenvalue weighted by atomic mass is 35.5. The van der Waals surface area contributed by atoms with Gasteiger partial charge in [-0.2, -0.15) is 0 Å². The Kier molecular flexibility index (Phi) is 8.65. The number of carbonyl (C=O) groups is 2. The topological polar surface area (TPSA) is 90.3 Å². The second kappa shape index (κ2) is 11.9. The number of amides is 1. The first kappa shape index (κ1) is 30.4. The zero-order valence-electron chi connectivity index (χ0n) is 23.4. The maximum absolute atomic E-state index is 16.5. The average Bonchev–Trinajstić information content (AvgIpc) is 3.22. The molecule has 7 nitrogen and oxygen atoms in total. The molecule has 5 rings (SSSR count). The van der Waals surface area contributed by atoms with E-state index < -0.39 is 29.0 Å². The van der Waals surface area contributed by atoms with Crippen LogP contribution < -0.4 is 0 Å². The Morgan fingerprint density at radius 1 is 1.07 bits per heavy atom. The van der Waals surface area contributed by atoms with Crippen LogP contribution in [0, 0.1) is 11.7 Å². The standard InChI is InChI=1S/C32H33Cl2FN2O5/c1-3-31(41,21-12-14-36(15-13-21)19-28(38)39)23-16-26-29(27(35)17-23)32(42-2,22-6-10-25(34)11-7-22)37(30(26)40)18-20-4-8-24(33)9-5-20/h4-11,16-17,21,41H,3,12-15,18-19H2,1-2H3,(H,38,39)/t31-,32-/m1/s1. The molecule has 1 saturated heterocycles. The monoisotopic (exact) mass is 614 g/mol. The predicted octanol–water partition coefficient (Wildman–Crippen LogP) is 6.03. The van der Waals surface area contributed by atoms with Crippen molar-refractivity contribution >= 4 is 35.1 Å². The van der Waals surface area contributed by atoms with Gasteiger partial charge >= 0.3 is 5.97 Å². The van der Waals surface area contributed by atoms with E-state index in [4.69, 9.17) is 33.0 Å². The highest BCUT2D eigenvalue weighted by Gasteiger charge is 2.54. The summed E-state index contributed by atoms with van der Waals surface area (Å²) in [6.07, 6.45) is 1.38. The van der Waals surface area contributed by atoms with Gasteiger partial charge in [0.15, 0.2) is 5.72 Å². The Morgan fingerprint density at radius 3 is 2.21 bits per heavy atom. The van der Waals surface area contributed by atoms with E-state index in [-0.39, 0.29) is 30.1 Å². The van der Waals surface area contributed by atoms with Crippen molar-refractivity contribution in [3.8, 4) is 0 Å². The molecule has 222 valence electrons. The molecule has 2 aliphatic rings. The number of carboxylic acid groups (broad SMARTS) is 1. The normalized spacial score (nSPS) is 20.9. The number of likely N-dealkylation sites (tertiary alicyclic amines) is 1. The molecule has 0 unspecified atom stereocenters. The smallest absolute Gasteiger partial charge is 0.317 e. The zero-order valence-corrected chi connectivity index (χ0v) is 25.0. The molecule has 3 aromatic rings. The van der Waals surface area contributed by atoms with Crippen molar-refractivity contribution in [2.45, 2.75) is 44.1 Å². The van der Waals surface area contributed by atoms with E-state index in [1.54, 1.807) is 54.6 Å². The lowest BCUT2D eigenvalue weighted by Gasteiger charge is -2.41. The van der Waals surface area contributed by atoms with Gasteiger partial charge in [-0.1, -0.05) is 54.4 Å². The van der Waals surface area contributed by atoms with E-state index >= 15 is 4.39 Å². The van der Waals surface area contributed by atoms with Gasteiger partial charge in [-0.25, -0.2) is 4.39 Å². The summed E-state index contributed by atoms with van der Waals surface area (Å²) >= 11 is 12.3. The molecular weight excluding hydrogens is 582 g/mol. The van der Waals surface area contributed by atoms with Crippen LogP contribution in [-0.4, -0.2) is 58.6 Å². The van der Waals surface area contributed by atoms with Gasteiger partial charge in [-0.05, 0) is 85.8 Å². The van der Waals surface area contributed by atoms with Crippen molar-refractivity contribution < 1.29 is 28.9 Å². The minimum absolute atomic E-state index is 0.0630. The van der Waals surface area contributed by atoms with Crippen LogP contribution in [0.5, 0.6) is 0 Å². The fourth-order valence-corrected chi connectivity index (χ4v) is 6.80. The molecule has 1 fully saturated rings. The lowest BCUT2D eigenvalue weighted by atomic mass is 9.73. The number of aliphatic hydroxyl groups is 1. The van der Waals surface area contributed by atoms with Gasteiger partial charge in [0.05, 0.1) is 23.3 Å². The SMILES string of the molecule is CC[C@](O)(c1cc(F)c2c(c1)C(=O)N(Cc1ccc(Cl)cc1)[C@@]2(OC)c1ccc(Cl)cc1)C1CCN(CC(=O)O)CC1. The molecule has 10 heteroatoms. The van der Waals surface area contributed by atoms with E-state index in [2.05, 4.69) is 0 Å². The van der Waals surface area contributed by atoms with Crippen LogP contribution in [-0.2, 0) is 27.4 Å². The maximum Gasteiger partial charge on any atom is 0.317 e. The summed E-state index contributed by atoms with van der Waals surface area (Å²) in [5.74, 6) is -2.24. The number of rotatable bonds is 9. The first-order chi connectivity index (χ1) is 20.0. The minimum atomic E-state index is -1.59. The summed E-state index contributed by atoms with van der Waals surface area (Å²) in [5.41, 5.74) is -1.19. The van der Waals surface area contributed by atoms with Crippen molar-refractivity contribution in [1.82, 2.24) is 9.80 Å². The van der Waals surface area contributed by atoms with Crippen molar-refractivity contribution in [2.75, 3.05) is 26.7 Å². The molecule has 3 aromatic carbocycles. The van der Waals surface area contributed by atoms with E-state index in [0.29, 0.717) is 53.5 Å². The van der Waals surface area contributed by atoms with Gasteiger partial charge < -0.3 is 14.9 Å². The Hall–Kier alpha value is -3.01. The number of piperidine rings is 1. The van der Waals surface area contributed by atoms with E-state index in [9.17, 15) is 14.7 Å². The molecule has 1 amide bonds. The molecule has 2 N–H and O–H groups in total. The molecule has 42 heavy (non-hydrogen) atoms. The molecule has 0 aromatic heterocycles. The third-order valence-electron chi connectivity index (χ3n) is 8.73. The Labute approximate surface area is 254 Å². The summed E-state index contributed by atoms with van der Waals surface area (Å²) < 4.78 is 22.6. The molecule has 0 spiro atoms. The van der Waals surface area contributed by atoms with Gasteiger partial charge in [0.2, 0.25) is 0 Å². The van der Waals surface area contributed by atoms with Crippen LogP contribution in [0.25, 0.3) is 0 Å². The number of nitrogens with zero attached hydrogens (tertiary/aromatic N) is 2. The van der Waals surface area contributed by atoms with Crippen molar-refractivity contribution in [2.24, 2.45) is 5.92 Å². The Balaban J connectivity index is 1.60. The number of ether oxygens (including phenoxy) is 1. The quantitative estimate of drug-likeness (QED) is 0.306. The fraction of sp³-hybridized carbons (Fsp3) is 0.375. The van der Waals surface area contributed by atoms with Crippen molar-refractivity contribution in [1.29, 1.82) is 0 Å². The lowest BCUT2D eigenvalue weighted by Crippen LogP contribution is -2.46. The number of fused-ring (bicyclic) bond motifs is 1. The van der Waals surface area contributed by atoms with Gasteiger partial charge in [0.1, 0.15) is 5.82 Å². The van der Waals surface area contributed by atoms with Crippen LogP contribution >= 0.6 is 23.2 Å². The number of carbonyl (C=O) groups excluding carboxylic acids is 1. The summed E-state index contributed by atoms with van der Waals surface area (Å²) in [4.78, 5) is 28.7. The zero-order chi connectivity index (χ0) is 30.2. The molecular formula is C32H33Cl2FN2O5. The average molecular weight is 616 g/mol. The third-order valence-corrected chi connectivity index (χ3v) is 9.23. The number of carboxylic acids is 1. The number of aliphatic carboxylic acids is 1. The maximum atomic E-state index is 16.5. The van der Waals surface area contributed by atoms with Crippen LogP contribution in [0.1, 0.15) is 58.8 Å². The summed E-state index contributed by atoms with van der Waals surface area (Å²) in [7, 11) is 1.44. The molecule has 2 heterocycles. The minimum Gasteiger partial charge on any atom is -0.480 e. The van der Waals surface area contributed by atoms with Gasteiger partial charge in [-0.15, -0.1) is 0 Å². The first-order valence-corrected chi connectivity index (χ1v) is 14.7. The van der Waals surface area contributed by atoms with E-state index in [0.717, 1.165) is 5.56 Å². The molecule has 2 atom stereocenters. The molecule has 0 aliphatic carbocycles. The lowest BCUT2D eigenvalue weighted by molar-refractivity contribution is -0.139. The summed E-state index contributed by atoms with van der Waals surface area (Å²) in [6.45, 7) is 2.88. The predicted molar refractivity (Wildman–Crippen MR) is 158 cm³/mol.